The molecular formula is C12H19F3N2. The van der Waals surface area contributed by atoms with Crippen LogP contribution in [0.15, 0.2) is 28.4 Å². The van der Waals surface area contributed by atoms with Gasteiger partial charge in [0.2, 0.25) is 0 Å². The number of hydrogen-bond acceptors (Lipinski definition) is 2. The average molecular weight is 248 g/mol. The third-order valence-corrected chi connectivity index (χ3v) is 2.13. The monoisotopic (exact) mass is 248 g/mol. The maximum Gasteiger partial charge on any atom is 0.433 e. The number of nitrogens with two attached hydrogens (primary N) is 1. The molecule has 0 heterocycles. The summed E-state index contributed by atoms with van der Waals surface area (Å²) in [6.07, 6.45) is 0.531. The largest absolute Gasteiger partial charge is 0.433 e. The molecule has 0 spiro atoms. The molecule has 0 amide bonds. The molecule has 0 fully saturated rings. The summed E-state index contributed by atoms with van der Waals surface area (Å²) in [6.45, 7) is 5.23. The van der Waals surface area contributed by atoms with Crippen molar-refractivity contribution in [1.82, 2.24) is 0 Å². The Morgan fingerprint density at radius 2 is 2.00 bits per heavy atom. The van der Waals surface area contributed by atoms with Crippen molar-refractivity contribution in [3.05, 3.63) is 23.4 Å². The van der Waals surface area contributed by atoms with Crippen LogP contribution in [0.25, 0.3) is 0 Å². The highest BCUT2D eigenvalue weighted by Gasteiger charge is 2.33. The van der Waals surface area contributed by atoms with Gasteiger partial charge in [0, 0.05) is 12.3 Å². The summed E-state index contributed by atoms with van der Waals surface area (Å²) in [7, 11) is 0. The van der Waals surface area contributed by atoms with Crippen molar-refractivity contribution in [2.45, 2.75) is 45.8 Å². The second kappa shape index (κ2) is 7.27. The molecule has 0 rings (SSSR count). The van der Waals surface area contributed by atoms with Crippen molar-refractivity contribution in [3.63, 3.8) is 0 Å². The van der Waals surface area contributed by atoms with E-state index < -0.39 is 11.9 Å². The molecule has 2 nitrogen and oxygen atoms in total. The lowest BCUT2D eigenvalue weighted by Crippen LogP contribution is -2.19. The van der Waals surface area contributed by atoms with Crippen molar-refractivity contribution in [2.24, 2.45) is 10.7 Å². The lowest BCUT2D eigenvalue weighted by atomic mass is 10.1. The van der Waals surface area contributed by atoms with E-state index in [1.54, 1.807) is 19.9 Å². The molecule has 0 aliphatic heterocycles. The molecule has 0 aliphatic rings. The van der Waals surface area contributed by atoms with E-state index in [0.717, 1.165) is 6.08 Å². The molecule has 0 aliphatic carbocycles. The SMILES string of the molecule is C\C=C(/C=N\C(=C\CCC)C(F)(F)F)[C@@H](C)N. The number of unbranched alkanes of at least 4 members (excludes halogenated alkanes) is 1. The maximum absolute atomic E-state index is 12.6. The Morgan fingerprint density at radius 1 is 1.41 bits per heavy atom. The summed E-state index contributed by atoms with van der Waals surface area (Å²) in [4.78, 5) is 3.49. The van der Waals surface area contributed by atoms with Gasteiger partial charge in [0.05, 0.1) is 0 Å². The number of rotatable bonds is 5. The van der Waals surface area contributed by atoms with E-state index in [4.69, 9.17) is 5.73 Å². The van der Waals surface area contributed by atoms with E-state index in [1.807, 2.05) is 6.92 Å². The van der Waals surface area contributed by atoms with E-state index in [2.05, 4.69) is 4.99 Å². The van der Waals surface area contributed by atoms with Crippen molar-refractivity contribution >= 4 is 6.21 Å². The number of aliphatic imine (C=N–C) groups is 1. The van der Waals surface area contributed by atoms with Crippen molar-refractivity contribution in [2.75, 3.05) is 0 Å². The number of alkyl halides is 3. The normalized spacial score (nSPS) is 16.6. The Morgan fingerprint density at radius 3 is 2.35 bits per heavy atom. The zero-order chi connectivity index (χ0) is 13.5. The highest BCUT2D eigenvalue weighted by Crippen LogP contribution is 2.27. The van der Waals surface area contributed by atoms with Crippen LogP contribution >= 0.6 is 0 Å². The van der Waals surface area contributed by atoms with Crippen LogP contribution in [0.2, 0.25) is 0 Å². The lowest BCUT2D eigenvalue weighted by Gasteiger charge is -2.08. The zero-order valence-electron chi connectivity index (χ0n) is 10.4. The predicted molar refractivity (Wildman–Crippen MR) is 64.9 cm³/mol. The Kier molecular flexibility index (Phi) is 6.80. The molecular weight excluding hydrogens is 229 g/mol. The molecule has 0 bridgehead atoms. The summed E-state index contributed by atoms with van der Waals surface area (Å²) < 4.78 is 37.7. The summed E-state index contributed by atoms with van der Waals surface area (Å²) in [6, 6.07) is -0.329. The van der Waals surface area contributed by atoms with Crippen molar-refractivity contribution in [1.29, 1.82) is 0 Å². The fourth-order valence-corrected chi connectivity index (χ4v) is 1.12. The van der Waals surface area contributed by atoms with Crippen LogP contribution < -0.4 is 5.73 Å². The molecule has 5 heteroatoms. The van der Waals surface area contributed by atoms with E-state index in [1.165, 1.54) is 6.21 Å². The highest BCUT2D eigenvalue weighted by atomic mass is 19.4. The minimum Gasteiger partial charge on any atom is -0.324 e. The third-order valence-electron chi connectivity index (χ3n) is 2.13. The van der Waals surface area contributed by atoms with Crippen LogP contribution in [0.1, 0.15) is 33.6 Å². The van der Waals surface area contributed by atoms with Crippen molar-refractivity contribution < 1.29 is 13.2 Å². The zero-order valence-corrected chi connectivity index (χ0v) is 10.4. The highest BCUT2D eigenvalue weighted by molar-refractivity contribution is 5.80. The van der Waals surface area contributed by atoms with Gasteiger partial charge in [0.1, 0.15) is 5.70 Å². The van der Waals surface area contributed by atoms with Gasteiger partial charge < -0.3 is 5.73 Å². The number of halogens is 3. The molecule has 0 saturated carbocycles. The summed E-state index contributed by atoms with van der Waals surface area (Å²) in [5.74, 6) is 0. The van der Waals surface area contributed by atoms with Crippen LogP contribution in [-0.2, 0) is 0 Å². The maximum atomic E-state index is 12.6. The number of hydrogen-bond donors (Lipinski definition) is 1. The first-order valence-electron chi connectivity index (χ1n) is 5.56. The molecule has 0 saturated heterocycles. The standard InChI is InChI=1S/C12H19F3N2/c1-4-6-7-11(12(13,14)15)17-8-10(5-2)9(3)16/h5,7-9H,4,6,16H2,1-3H3/b10-5+,11-7+,17-8-/t9-/m1/s1. The minimum atomic E-state index is -4.41. The first-order chi connectivity index (χ1) is 7.82. The van der Waals surface area contributed by atoms with Crippen LogP contribution in [0.5, 0.6) is 0 Å². The van der Waals surface area contributed by atoms with E-state index in [9.17, 15) is 13.2 Å². The molecule has 0 aromatic heterocycles. The Bertz CT molecular complexity index is 312. The third kappa shape index (κ3) is 6.26. The van der Waals surface area contributed by atoms with Gasteiger partial charge in [-0.3, -0.25) is 4.99 Å². The van der Waals surface area contributed by atoms with Crippen molar-refractivity contribution in [3.8, 4) is 0 Å². The average Bonchev–Trinajstić information content (AvgIpc) is 2.20. The van der Waals surface area contributed by atoms with Gasteiger partial charge in [-0.15, -0.1) is 0 Å². The predicted octanol–water partition coefficient (Wildman–Crippen LogP) is 3.60. The van der Waals surface area contributed by atoms with E-state index in [-0.39, 0.29) is 6.04 Å². The van der Waals surface area contributed by atoms with E-state index >= 15 is 0 Å². The van der Waals surface area contributed by atoms with Gasteiger partial charge in [-0.05, 0) is 25.8 Å². The molecule has 0 aromatic carbocycles. The lowest BCUT2D eigenvalue weighted by molar-refractivity contribution is -0.0925. The molecule has 2 N–H and O–H groups in total. The first-order valence-corrected chi connectivity index (χ1v) is 5.56. The Balaban J connectivity index is 4.94. The molecule has 17 heavy (non-hydrogen) atoms. The van der Waals surface area contributed by atoms with Crippen LogP contribution in [-0.4, -0.2) is 18.4 Å². The number of allylic oxidation sites excluding steroid dienone is 3. The first kappa shape index (κ1) is 15.9. The molecule has 1 atom stereocenters. The Labute approximate surface area is 100 Å². The second-order valence-corrected chi connectivity index (χ2v) is 3.71. The van der Waals surface area contributed by atoms with Gasteiger partial charge in [0.15, 0.2) is 0 Å². The van der Waals surface area contributed by atoms with Crippen LogP contribution in [0, 0.1) is 0 Å². The minimum absolute atomic E-state index is 0.329. The summed E-state index contributed by atoms with van der Waals surface area (Å²) in [5.41, 5.74) is 5.30. The quantitative estimate of drug-likeness (QED) is 0.742. The van der Waals surface area contributed by atoms with Crippen LogP contribution in [0.3, 0.4) is 0 Å². The molecule has 0 aromatic rings. The van der Waals surface area contributed by atoms with Gasteiger partial charge in [-0.2, -0.15) is 13.2 Å². The summed E-state index contributed by atoms with van der Waals surface area (Å²) in [5, 5.41) is 0. The fraction of sp³-hybridized carbons (Fsp3) is 0.583. The smallest absolute Gasteiger partial charge is 0.324 e. The van der Waals surface area contributed by atoms with Gasteiger partial charge >= 0.3 is 6.18 Å². The molecule has 0 radical (unpaired) electrons. The van der Waals surface area contributed by atoms with Crippen LogP contribution in [0.4, 0.5) is 13.2 Å². The second-order valence-electron chi connectivity index (χ2n) is 3.71. The fourth-order valence-electron chi connectivity index (χ4n) is 1.12. The van der Waals surface area contributed by atoms with Gasteiger partial charge in [-0.25, -0.2) is 0 Å². The molecule has 98 valence electrons. The number of nitrogens with zero attached hydrogens (tertiary/aromatic N) is 1. The van der Waals surface area contributed by atoms with Gasteiger partial charge in [0.25, 0.3) is 0 Å². The topological polar surface area (TPSA) is 38.4 Å². The summed E-state index contributed by atoms with van der Waals surface area (Å²) >= 11 is 0. The van der Waals surface area contributed by atoms with Gasteiger partial charge in [-0.1, -0.05) is 25.5 Å². The van der Waals surface area contributed by atoms with E-state index in [0.29, 0.717) is 18.4 Å². The molecule has 0 unspecified atom stereocenters. The Hall–Kier alpha value is -1.10.